The summed E-state index contributed by atoms with van der Waals surface area (Å²) in [6.07, 6.45) is 0.642. The average molecular weight is 380 g/mol. The lowest BCUT2D eigenvalue weighted by atomic mass is 10.0. The van der Waals surface area contributed by atoms with Crippen molar-refractivity contribution in [2.75, 3.05) is 6.61 Å². The highest BCUT2D eigenvalue weighted by molar-refractivity contribution is 5.69. The number of aromatic hydroxyl groups is 1. The van der Waals surface area contributed by atoms with Crippen LogP contribution in [0.3, 0.4) is 0 Å². The number of ether oxygens (including phenoxy) is 2. The Morgan fingerprint density at radius 1 is 1.33 bits per heavy atom. The van der Waals surface area contributed by atoms with Gasteiger partial charge >= 0.3 is 0 Å². The van der Waals surface area contributed by atoms with E-state index in [2.05, 4.69) is 19.9 Å². The van der Waals surface area contributed by atoms with Gasteiger partial charge in [-0.3, -0.25) is 0 Å². The summed E-state index contributed by atoms with van der Waals surface area (Å²) in [6.45, 7) is 6.16. The fourth-order valence-electron chi connectivity index (χ4n) is 3.11. The molecule has 1 aliphatic rings. The SMILES string of the molecule is CC(=CCCC(C)C)c1ccc(COC2CC(O)C(O)C(CO)O2)cc1O. The topological polar surface area (TPSA) is 99.4 Å². The minimum Gasteiger partial charge on any atom is -0.507 e. The molecule has 4 N–H and O–H groups in total. The molecule has 1 aliphatic heterocycles. The molecule has 1 heterocycles. The Hall–Kier alpha value is -1.44. The number of aliphatic hydroxyl groups is 3. The first kappa shape index (κ1) is 21.9. The van der Waals surface area contributed by atoms with Gasteiger partial charge in [-0.1, -0.05) is 32.1 Å². The minimum atomic E-state index is -1.12. The van der Waals surface area contributed by atoms with Gasteiger partial charge in [0.05, 0.1) is 19.3 Å². The monoisotopic (exact) mass is 380 g/mol. The van der Waals surface area contributed by atoms with Gasteiger partial charge in [-0.2, -0.15) is 0 Å². The van der Waals surface area contributed by atoms with Gasteiger partial charge in [0.1, 0.15) is 18.0 Å². The Balaban J connectivity index is 1.94. The minimum absolute atomic E-state index is 0.124. The van der Waals surface area contributed by atoms with E-state index in [0.29, 0.717) is 5.92 Å². The lowest BCUT2D eigenvalue weighted by Gasteiger charge is -2.36. The van der Waals surface area contributed by atoms with Crippen LogP contribution < -0.4 is 0 Å². The quantitative estimate of drug-likeness (QED) is 0.553. The molecule has 0 aromatic heterocycles. The second-order valence-corrected chi connectivity index (χ2v) is 7.60. The number of aliphatic hydroxyl groups excluding tert-OH is 3. The molecule has 4 unspecified atom stereocenters. The molecule has 0 saturated carbocycles. The van der Waals surface area contributed by atoms with Crippen molar-refractivity contribution in [2.24, 2.45) is 5.92 Å². The lowest BCUT2D eigenvalue weighted by molar-refractivity contribution is -0.260. The van der Waals surface area contributed by atoms with E-state index in [-0.39, 0.29) is 18.8 Å². The van der Waals surface area contributed by atoms with Crippen LogP contribution in [0.2, 0.25) is 0 Å². The third kappa shape index (κ3) is 6.30. The summed E-state index contributed by atoms with van der Waals surface area (Å²) in [5, 5.41) is 39.1. The first-order valence-corrected chi connectivity index (χ1v) is 9.54. The second kappa shape index (κ2) is 10.2. The van der Waals surface area contributed by atoms with E-state index in [1.165, 1.54) is 0 Å². The van der Waals surface area contributed by atoms with Crippen LogP contribution in [0.1, 0.15) is 51.2 Å². The van der Waals surface area contributed by atoms with Crippen LogP contribution in [0.25, 0.3) is 5.57 Å². The van der Waals surface area contributed by atoms with Gasteiger partial charge in [0.25, 0.3) is 0 Å². The van der Waals surface area contributed by atoms with Crippen LogP contribution in [-0.4, -0.2) is 51.6 Å². The van der Waals surface area contributed by atoms with Crippen molar-refractivity contribution >= 4 is 5.57 Å². The summed E-state index contributed by atoms with van der Waals surface area (Å²) in [5.74, 6) is 0.844. The Morgan fingerprint density at radius 2 is 2.07 bits per heavy atom. The van der Waals surface area contributed by atoms with Crippen LogP contribution in [-0.2, 0) is 16.1 Å². The van der Waals surface area contributed by atoms with E-state index in [9.17, 15) is 20.4 Å². The zero-order chi connectivity index (χ0) is 20.0. The van der Waals surface area contributed by atoms with E-state index in [1.807, 2.05) is 19.1 Å². The molecule has 0 aliphatic carbocycles. The number of rotatable bonds is 8. The number of allylic oxidation sites excluding steroid dienone is 2. The molecule has 1 saturated heterocycles. The van der Waals surface area contributed by atoms with Crippen molar-refractivity contribution in [1.29, 1.82) is 0 Å². The van der Waals surface area contributed by atoms with Crippen molar-refractivity contribution in [3.05, 3.63) is 35.4 Å². The van der Waals surface area contributed by atoms with Gasteiger partial charge < -0.3 is 29.9 Å². The van der Waals surface area contributed by atoms with Gasteiger partial charge in [-0.05, 0) is 42.9 Å². The van der Waals surface area contributed by atoms with Crippen molar-refractivity contribution < 1.29 is 29.9 Å². The highest BCUT2D eigenvalue weighted by Gasteiger charge is 2.36. The third-order valence-electron chi connectivity index (χ3n) is 4.83. The van der Waals surface area contributed by atoms with E-state index in [0.717, 1.165) is 29.5 Å². The molecule has 152 valence electrons. The fourth-order valence-corrected chi connectivity index (χ4v) is 3.11. The summed E-state index contributed by atoms with van der Waals surface area (Å²) in [6, 6.07) is 5.41. The molecular formula is C21H32O6. The van der Waals surface area contributed by atoms with E-state index in [4.69, 9.17) is 9.47 Å². The maximum absolute atomic E-state index is 10.3. The van der Waals surface area contributed by atoms with E-state index >= 15 is 0 Å². The highest BCUT2D eigenvalue weighted by atomic mass is 16.7. The maximum Gasteiger partial charge on any atom is 0.161 e. The van der Waals surface area contributed by atoms with Gasteiger partial charge in [0.2, 0.25) is 0 Å². The summed E-state index contributed by atoms with van der Waals surface area (Å²) < 4.78 is 11.1. The van der Waals surface area contributed by atoms with Crippen molar-refractivity contribution in [2.45, 2.75) is 71.2 Å². The third-order valence-corrected chi connectivity index (χ3v) is 4.83. The van der Waals surface area contributed by atoms with Crippen LogP contribution in [0.15, 0.2) is 24.3 Å². The number of hydrogen-bond donors (Lipinski definition) is 4. The normalized spacial score (nSPS) is 26.6. The van der Waals surface area contributed by atoms with Crippen LogP contribution in [0, 0.1) is 5.92 Å². The van der Waals surface area contributed by atoms with Crippen LogP contribution in [0.4, 0.5) is 0 Å². The molecule has 1 aromatic carbocycles. The summed E-state index contributed by atoms with van der Waals surface area (Å²) in [7, 11) is 0. The summed E-state index contributed by atoms with van der Waals surface area (Å²) >= 11 is 0. The molecular weight excluding hydrogens is 348 g/mol. The fraction of sp³-hybridized carbons (Fsp3) is 0.619. The molecule has 0 spiro atoms. The smallest absolute Gasteiger partial charge is 0.161 e. The number of hydrogen-bond acceptors (Lipinski definition) is 6. The van der Waals surface area contributed by atoms with Gasteiger partial charge in [0.15, 0.2) is 6.29 Å². The first-order chi connectivity index (χ1) is 12.8. The number of benzene rings is 1. The first-order valence-electron chi connectivity index (χ1n) is 9.54. The predicted molar refractivity (Wildman–Crippen MR) is 103 cm³/mol. The maximum atomic E-state index is 10.3. The molecule has 0 bridgehead atoms. The Bertz CT molecular complexity index is 627. The molecule has 1 aromatic rings. The van der Waals surface area contributed by atoms with Crippen LogP contribution in [0.5, 0.6) is 5.75 Å². The van der Waals surface area contributed by atoms with Gasteiger partial charge in [-0.15, -0.1) is 0 Å². The lowest BCUT2D eigenvalue weighted by Crippen LogP contribution is -2.50. The predicted octanol–water partition coefficient (Wildman–Crippen LogP) is 2.58. The van der Waals surface area contributed by atoms with Crippen molar-refractivity contribution in [3.8, 4) is 5.75 Å². The molecule has 27 heavy (non-hydrogen) atoms. The molecule has 2 rings (SSSR count). The number of phenols is 1. The average Bonchev–Trinajstić information content (AvgIpc) is 2.62. The Labute approximate surface area is 161 Å². The highest BCUT2D eigenvalue weighted by Crippen LogP contribution is 2.28. The molecule has 0 radical (unpaired) electrons. The summed E-state index contributed by atoms with van der Waals surface area (Å²) in [5.41, 5.74) is 2.62. The van der Waals surface area contributed by atoms with E-state index in [1.54, 1.807) is 6.07 Å². The van der Waals surface area contributed by atoms with E-state index < -0.39 is 31.2 Å². The second-order valence-electron chi connectivity index (χ2n) is 7.60. The standard InChI is InChI=1S/C21H32O6/c1-13(2)5-4-6-14(3)16-8-7-15(9-17(16)23)12-26-20-10-18(24)21(25)19(11-22)27-20/h6-9,13,18-25H,4-5,10-12H2,1-3H3. The number of phenolic OH excluding ortho intramolecular Hbond substituents is 1. The molecule has 1 fully saturated rings. The molecule has 6 nitrogen and oxygen atoms in total. The zero-order valence-corrected chi connectivity index (χ0v) is 16.3. The summed E-state index contributed by atoms with van der Waals surface area (Å²) in [4.78, 5) is 0. The van der Waals surface area contributed by atoms with Gasteiger partial charge in [-0.25, -0.2) is 0 Å². The van der Waals surface area contributed by atoms with Crippen molar-refractivity contribution in [3.63, 3.8) is 0 Å². The molecule has 0 amide bonds. The Morgan fingerprint density at radius 3 is 2.70 bits per heavy atom. The van der Waals surface area contributed by atoms with Crippen LogP contribution >= 0.6 is 0 Å². The molecule has 6 heteroatoms. The van der Waals surface area contributed by atoms with Gasteiger partial charge in [0, 0.05) is 12.0 Å². The van der Waals surface area contributed by atoms with Crippen molar-refractivity contribution in [1.82, 2.24) is 0 Å². The largest absolute Gasteiger partial charge is 0.507 e. The Kier molecular flexibility index (Phi) is 8.26. The molecule has 4 atom stereocenters. The zero-order valence-electron chi connectivity index (χ0n) is 16.3.